The van der Waals surface area contributed by atoms with Crippen LogP contribution >= 0.6 is 12.4 Å². The molecule has 0 aliphatic heterocycles. The molecule has 7 heteroatoms. The maximum absolute atomic E-state index is 14.4. The lowest BCUT2D eigenvalue weighted by Gasteiger charge is -2.13. The number of carbonyl (C=O) groups is 1. The van der Waals surface area contributed by atoms with E-state index in [-0.39, 0.29) is 24.4 Å². The van der Waals surface area contributed by atoms with E-state index in [0.717, 1.165) is 17.9 Å². The van der Waals surface area contributed by atoms with Gasteiger partial charge in [-0.1, -0.05) is 6.92 Å². The Balaban J connectivity index is 0.00000288. The van der Waals surface area contributed by atoms with Crippen LogP contribution in [0.3, 0.4) is 0 Å². The fraction of sp³-hybridized carbons (Fsp3) is 0.412. The van der Waals surface area contributed by atoms with Crippen LogP contribution in [0.2, 0.25) is 0 Å². The number of hydrogen-bond donors (Lipinski definition) is 2. The van der Waals surface area contributed by atoms with Gasteiger partial charge in [0.1, 0.15) is 11.5 Å². The van der Waals surface area contributed by atoms with Crippen molar-refractivity contribution in [3.63, 3.8) is 0 Å². The molecule has 0 bridgehead atoms. The molecule has 132 valence electrons. The van der Waals surface area contributed by atoms with Crippen LogP contribution in [0.15, 0.2) is 24.3 Å². The summed E-state index contributed by atoms with van der Waals surface area (Å²) in [5.41, 5.74) is 2.31. The summed E-state index contributed by atoms with van der Waals surface area (Å²) in [5, 5.41) is 10.3. The second kappa shape index (κ2) is 8.80. The van der Waals surface area contributed by atoms with Crippen molar-refractivity contribution < 1.29 is 9.18 Å². The van der Waals surface area contributed by atoms with Crippen LogP contribution in [-0.4, -0.2) is 34.8 Å². The molecule has 0 saturated carbocycles. The Kier molecular flexibility index (Phi) is 7.38. The van der Waals surface area contributed by atoms with E-state index in [1.165, 1.54) is 6.07 Å². The molecule has 0 unspecified atom stereocenters. The Bertz CT molecular complexity index is 702. The van der Waals surface area contributed by atoms with Crippen LogP contribution in [0.1, 0.15) is 35.6 Å². The summed E-state index contributed by atoms with van der Waals surface area (Å²) < 4.78 is 15.9. The van der Waals surface area contributed by atoms with E-state index in [0.29, 0.717) is 17.8 Å². The van der Waals surface area contributed by atoms with Gasteiger partial charge >= 0.3 is 0 Å². The summed E-state index contributed by atoms with van der Waals surface area (Å²) in [7, 11) is 0. The highest BCUT2D eigenvalue weighted by Crippen LogP contribution is 2.17. The first-order valence-electron chi connectivity index (χ1n) is 7.77. The van der Waals surface area contributed by atoms with Crippen molar-refractivity contribution in [2.75, 3.05) is 13.1 Å². The summed E-state index contributed by atoms with van der Waals surface area (Å²) in [5.74, 6) is -0.753. The maximum atomic E-state index is 14.4. The molecule has 0 spiro atoms. The molecule has 1 amide bonds. The number of rotatable bonds is 6. The molecule has 1 aromatic heterocycles. The Morgan fingerprint density at radius 3 is 2.58 bits per heavy atom. The van der Waals surface area contributed by atoms with Crippen molar-refractivity contribution in [1.29, 1.82) is 0 Å². The summed E-state index contributed by atoms with van der Waals surface area (Å²) in [6.45, 7) is 9.04. The van der Waals surface area contributed by atoms with Crippen LogP contribution in [0.4, 0.5) is 4.39 Å². The SMILES string of the molecule is CCN[C@H](C)CNC(=O)c1ccc(-n2nc(C)cc2C)c(F)c1.Cl. The van der Waals surface area contributed by atoms with Gasteiger partial charge in [0, 0.05) is 23.8 Å². The minimum Gasteiger partial charge on any atom is -0.350 e. The predicted octanol–water partition coefficient (Wildman–Crippen LogP) is 2.78. The zero-order valence-electron chi connectivity index (χ0n) is 14.4. The number of aryl methyl sites for hydroxylation is 2. The number of nitrogens with zero attached hydrogens (tertiary/aromatic N) is 2. The van der Waals surface area contributed by atoms with Crippen LogP contribution in [0.5, 0.6) is 0 Å². The molecule has 2 rings (SSSR count). The summed E-state index contributed by atoms with van der Waals surface area (Å²) in [6, 6.07) is 6.49. The number of nitrogens with one attached hydrogen (secondary N) is 2. The highest BCUT2D eigenvalue weighted by atomic mass is 35.5. The van der Waals surface area contributed by atoms with Gasteiger partial charge < -0.3 is 10.6 Å². The van der Waals surface area contributed by atoms with Gasteiger partial charge in [-0.3, -0.25) is 4.79 Å². The molecule has 2 N–H and O–H groups in total. The zero-order chi connectivity index (χ0) is 17.0. The maximum Gasteiger partial charge on any atom is 0.251 e. The highest BCUT2D eigenvalue weighted by molar-refractivity contribution is 5.94. The molecule has 2 aromatic rings. The average Bonchev–Trinajstić information content (AvgIpc) is 2.83. The number of halogens is 2. The van der Waals surface area contributed by atoms with Gasteiger partial charge in [-0.25, -0.2) is 9.07 Å². The third-order valence-electron chi connectivity index (χ3n) is 3.57. The third-order valence-corrected chi connectivity index (χ3v) is 3.57. The second-order valence-corrected chi connectivity index (χ2v) is 5.67. The fourth-order valence-electron chi connectivity index (χ4n) is 2.46. The van der Waals surface area contributed by atoms with Gasteiger partial charge in [0.05, 0.1) is 5.69 Å². The average molecular weight is 355 g/mol. The highest BCUT2D eigenvalue weighted by Gasteiger charge is 2.13. The van der Waals surface area contributed by atoms with Crippen molar-refractivity contribution in [3.8, 4) is 5.69 Å². The smallest absolute Gasteiger partial charge is 0.251 e. The van der Waals surface area contributed by atoms with E-state index >= 15 is 0 Å². The third kappa shape index (κ3) is 4.79. The molecule has 1 atom stereocenters. The van der Waals surface area contributed by atoms with E-state index in [2.05, 4.69) is 15.7 Å². The van der Waals surface area contributed by atoms with Crippen LogP contribution in [0, 0.1) is 19.7 Å². The second-order valence-electron chi connectivity index (χ2n) is 5.67. The quantitative estimate of drug-likeness (QED) is 0.838. The molecule has 1 heterocycles. The molecule has 0 fully saturated rings. The first-order chi connectivity index (χ1) is 10.9. The largest absolute Gasteiger partial charge is 0.350 e. The summed E-state index contributed by atoms with van der Waals surface area (Å²) >= 11 is 0. The number of likely N-dealkylation sites (N-methyl/N-ethyl adjacent to an activating group) is 1. The van der Waals surface area contributed by atoms with Gasteiger partial charge in [0.2, 0.25) is 0 Å². The van der Waals surface area contributed by atoms with E-state index < -0.39 is 5.82 Å². The van der Waals surface area contributed by atoms with E-state index in [9.17, 15) is 9.18 Å². The minimum atomic E-state index is -0.469. The van der Waals surface area contributed by atoms with Crippen molar-refractivity contribution in [2.45, 2.75) is 33.7 Å². The van der Waals surface area contributed by atoms with E-state index in [4.69, 9.17) is 0 Å². The summed E-state index contributed by atoms with van der Waals surface area (Å²) in [4.78, 5) is 12.1. The van der Waals surface area contributed by atoms with Gasteiger partial charge in [0.25, 0.3) is 5.91 Å². The van der Waals surface area contributed by atoms with Gasteiger partial charge in [-0.05, 0) is 51.6 Å². The molecular weight excluding hydrogens is 331 g/mol. The van der Waals surface area contributed by atoms with Crippen molar-refractivity contribution >= 4 is 18.3 Å². The van der Waals surface area contributed by atoms with Crippen LogP contribution < -0.4 is 10.6 Å². The molecule has 0 aliphatic rings. The Hall–Kier alpha value is -1.92. The Morgan fingerprint density at radius 1 is 1.33 bits per heavy atom. The zero-order valence-corrected chi connectivity index (χ0v) is 15.2. The fourth-order valence-corrected chi connectivity index (χ4v) is 2.46. The van der Waals surface area contributed by atoms with Crippen LogP contribution in [0.25, 0.3) is 5.69 Å². The van der Waals surface area contributed by atoms with E-state index in [1.54, 1.807) is 16.8 Å². The normalized spacial score (nSPS) is 11.7. The lowest BCUT2D eigenvalue weighted by Crippen LogP contribution is -2.38. The van der Waals surface area contributed by atoms with Crippen molar-refractivity contribution in [1.82, 2.24) is 20.4 Å². The molecule has 5 nitrogen and oxygen atoms in total. The Labute approximate surface area is 148 Å². The first-order valence-corrected chi connectivity index (χ1v) is 7.77. The monoisotopic (exact) mass is 354 g/mol. The molecule has 0 aliphatic carbocycles. The Morgan fingerprint density at radius 2 is 2.04 bits per heavy atom. The number of carbonyl (C=O) groups excluding carboxylic acids is 1. The number of benzene rings is 1. The van der Waals surface area contributed by atoms with Gasteiger partial charge in [0.15, 0.2) is 0 Å². The number of hydrogen-bond acceptors (Lipinski definition) is 3. The van der Waals surface area contributed by atoms with Gasteiger partial charge in [-0.15, -0.1) is 12.4 Å². The first kappa shape index (κ1) is 20.1. The number of amides is 1. The lowest BCUT2D eigenvalue weighted by atomic mass is 10.1. The molecular formula is C17H24ClFN4O. The molecule has 0 radical (unpaired) electrons. The molecule has 24 heavy (non-hydrogen) atoms. The topological polar surface area (TPSA) is 58.9 Å². The number of aromatic nitrogens is 2. The van der Waals surface area contributed by atoms with Crippen LogP contribution in [-0.2, 0) is 0 Å². The lowest BCUT2D eigenvalue weighted by molar-refractivity contribution is 0.0950. The van der Waals surface area contributed by atoms with E-state index in [1.807, 2.05) is 33.8 Å². The van der Waals surface area contributed by atoms with Crippen molar-refractivity contribution in [2.24, 2.45) is 0 Å². The summed E-state index contributed by atoms with van der Waals surface area (Å²) in [6.07, 6.45) is 0. The van der Waals surface area contributed by atoms with Gasteiger partial charge in [-0.2, -0.15) is 5.10 Å². The molecule has 0 saturated heterocycles. The van der Waals surface area contributed by atoms with Crippen molar-refractivity contribution in [3.05, 3.63) is 47.0 Å². The predicted molar refractivity (Wildman–Crippen MR) is 95.7 cm³/mol. The standard InChI is InChI=1S/C17H23FN4O.ClH/c1-5-19-12(3)10-20-17(23)14-6-7-16(15(18)9-14)22-13(4)8-11(2)21-22;/h6-9,12,19H,5,10H2,1-4H3,(H,20,23);1H/t12-;/m1./s1. The molecule has 1 aromatic carbocycles. The minimum absolute atomic E-state index is 0.